The van der Waals surface area contributed by atoms with Crippen LogP contribution in [0.2, 0.25) is 5.02 Å². The van der Waals surface area contributed by atoms with E-state index in [-0.39, 0.29) is 5.91 Å². The Hall–Kier alpha value is -2.97. The van der Waals surface area contributed by atoms with E-state index in [1.807, 2.05) is 13.0 Å². The molecule has 1 amide bonds. The Bertz CT molecular complexity index is 1070. The molecule has 2 aromatic rings. The number of aliphatic imine (C=N–C) groups is 1. The maximum atomic E-state index is 12.3. The minimum absolute atomic E-state index is 0.266. The Morgan fingerprint density at radius 3 is 2.73 bits per heavy atom. The third kappa shape index (κ3) is 5.14. The molecule has 30 heavy (non-hydrogen) atoms. The molecule has 7 nitrogen and oxygen atoms in total. The van der Waals surface area contributed by atoms with E-state index in [1.54, 1.807) is 36.4 Å². The number of carboxylic acid groups (broad SMARTS) is 1. The van der Waals surface area contributed by atoms with E-state index in [0.29, 0.717) is 37.8 Å². The smallest absolute Gasteiger partial charge is 0.344 e. The first-order valence-electron chi connectivity index (χ1n) is 8.90. The predicted octanol–water partition coefficient (Wildman–Crippen LogP) is 4.40. The number of amidine groups is 1. The highest BCUT2D eigenvalue weighted by molar-refractivity contribution is 8.18. The van der Waals surface area contributed by atoms with E-state index in [0.717, 1.165) is 5.56 Å². The molecule has 3 rings (SSSR count). The van der Waals surface area contributed by atoms with Gasteiger partial charge in [-0.25, -0.2) is 9.79 Å². The van der Waals surface area contributed by atoms with Crippen LogP contribution in [0.15, 0.2) is 46.3 Å². The number of carboxylic acids is 1. The number of hydrogen-bond acceptors (Lipinski definition) is 6. The van der Waals surface area contributed by atoms with Gasteiger partial charge in [-0.15, -0.1) is 0 Å². The number of thioether (sulfide) groups is 1. The van der Waals surface area contributed by atoms with Gasteiger partial charge in [0.05, 0.1) is 17.7 Å². The number of ether oxygens (including phenoxy) is 2. The third-order valence-electron chi connectivity index (χ3n) is 4.18. The van der Waals surface area contributed by atoms with Crippen molar-refractivity contribution in [1.82, 2.24) is 5.32 Å². The maximum absolute atomic E-state index is 12.3. The molecule has 9 heteroatoms. The predicted molar refractivity (Wildman–Crippen MR) is 118 cm³/mol. The quantitative estimate of drug-likeness (QED) is 0.638. The Morgan fingerprint density at radius 2 is 2.03 bits per heavy atom. The van der Waals surface area contributed by atoms with Crippen molar-refractivity contribution in [2.45, 2.75) is 20.0 Å². The summed E-state index contributed by atoms with van der Waals surface area (Å²) in [5.41, 5.74) is 2.32. The normalized spacial score (nSPS) is 17.1. The molecule has 1 fully saturated rings. The Morgan fingerprint density at radius 1 is 1.27 bits per heavy atom. The summed E-state index contributed by atoms with van der Waals surface area (Å²) in [6, 6.07) is 10.4. The number of nitrogens with one attached hydrogen (secondary N) is 1. The van der Waals surface area contributed by atoms with Gasteiger partial charge in [-0.2, -0.15) is 0 Å². The minimum atomic E-state index is -1.08. The lowest BCUT2D eigenvalue weighted by molar-refractivity contribution is -0.144. The number of aliphatic carboxylic acids is 1. The van der Waals surface area contributed by atoms with Crippen LogP contribution in [0.25, 0.3) is 6.08 Å². The molecule has 0 saturated carbocycles. The highest BCUT2D eigenvalue weighted by Crippen LogP contribution is 2.33. The van der Waals surface area contributed by atoms with Crippen molar-refractivity contribution in [3.63, 3.8) is 0 Å². The summed E-state index contributed by atoms with van der Waals surface area (Å²) >= 11 is 7.24. The zero-order chi connectivity index (χ0) is 21.8. The lowest BCUT2D eigenvalue weighted by atomic mass is 10.2. The minimum Gasteiger partial charge on any atom is -0.493 e. The van der Waals surface area contributed by atoms with E-state index in [1.165, 1.54) is 25.8 Å². The van der Waals surface area contributed by atoms with Crippen LogP contribution in [0, 0.1) is 6.92 Å². The number of carbonyl (C=O) groups is 2. The van der Waals surface area contributed by atoms with Crippen LogP contribution in [0.1, 0.15) is 18.1 Å². The lowest BCUT2D eigenvalue weighted by Crippen LogP contribution is -2.23. The van der Waals surface area contributed by atoms with E-state index >= 15 is 0 Å². The van der Waals surface area contributed by atoms with Crippen LogP contribution in [-0.2, 0) is 9.59 Å². The molecule has 1 saturated heterocycles. The first-order chi connectivity index (χ1) is 14.3. The van der Waals surface area contributed by atoms with E-state index in [9.17, 15) is 9.59 Å². The summed E-state index contributed by atoms with van der Waals surface area (Å²) in [7, 11) is 1.46. The standard InChI is InChI=1S/C21H19ClN2O5S/c1-11-4-6-14(22)10-15(11)23-21-24-19(25)18(30-21)9-13-5-7-16(17(8-13)28-3)29-12(2)20(26)27/h4-10,12H,1-3H3,(H,26,27)(H,23,24,25)/b18-9+/t12-/m1/s1. The number of methoxy groups -OCH3 is 1. The molecular formula is C21H19ClN2O5S. The highest BCUT2D eigenvalue weighted by atomic mass is 35.5. The fourth-order valence-electron chi connectivity index (χ4n) is 2.56. The number of benzene rings is 2. The Balaban J connectivity index is 1.83. The largest absolute Gasteiger partial charge is 0.493 e. The highest BCUT2D eigenvalue weighted by Gasteiger charge is 2.24. The summed E-state index contributed by atoms with van der Waals surface area (Å²) < 4.78 is 10.7. The van der Waals surface area contributed by atoms with E-state index < -0.39 is 12.1 Å². The van der Waals surface area contributed by atoms with Crippen molar-refractivity contribution in [3.05, 3.63) is 57.5 Å². The molecule has 0 radical (unpaired) electrons. The molecule has 0 spiro atoms. The van der Waals surface area contributed by atoms with Gasteiger partial charge in [-0.1, -0.05) is 23.7 Å². The Labute approximate surface area is 182 Å². The summed E-state index contributed by atoms with van der Waals surface area (Å²) in [6.45, 7) is 3.34. The van der Waals surface area contributed by atoms with Gasteiger partial charge in [-0.3, -0.25) is 4.79 Å². The SMILES string of the molecule is COc1cc(/C=C2/SC(=Nc3cc(Cl)ccc3C)NC2=O)ccc1O[C@H](C)C(=O)O. The van der Waals surface area contributed by atoms with Gasteiger partial charge in [0.25, 0.3) is 5.91 Å². The van der Waals surface area contributed by atoms with Gasteiger partial charge in [0.15, 0.2) is 22.8 Å². The summed E-state index contributed by atoms with van der Waals surface area (Å²) in [5, 5.41) is 12.8. The van der Waals surface area contributed by atoms with Gasteiger partial charge < -0.3 is 19.9 Å². The van der Waals surface area contributed by atoms with Crippen molar-refractivity contribution in [1.29, 1.82) is 0 Å². The van der Waals surface area contributed by atoms with Crippen LogP contribution in [-0.4, -0.2) is 35.4 Å². The van der Waals surface area contributed by atoms with Gasteiger partial charge in [0.1, 0.15) is 0 Å². The molecule has 2 aromatic carbocycles. The van der Waals surface area contributed by atoms with Crippen molar-refractivity contribution in [3.8, 4) is 11.5 Å². The topological polar surface area (TPSA) is 97.2 Å². The number of carbonyl (C=O) groups excluding carboxylic acids is 1. The third-order valence-corrected chi connectivity index (χ3v) is 5.33. The molecular weight excluding hydrogens is 428 g/mol. The second-order valence-corrected chi connectivity index (χ2v) is 7.89. The molecule has 1 heterocycles. The van der Waals surface area contributed by atoms with Crippen LogP contribution < -0.4 is 14.8 Å². The fourth-order valence-corrected chi connectivity index (χ4v) is 3.56. The second kappa shape index (κ2) is 9.23. The molecule has 0 unspecified atom stereocenters. The zero-order valence-corrected chi connectivity index (χ0v) is 18.0. The van der Waals surface area contributed by atoms with Gasteiger partial charge in [0.2, 0.25) is 0 Å². The molecule has 0 aromatic heterocycles. The van der Waals surface area contributed by atoms with Gasteiger partial charge in [0, 0.05) is 5.02 Å². The van der Waals surface area contributed by atoms with Crippen molar-refractivity contribution < 1.29 is 24.2 Å². The summed E-state index contributed by atoms with van der Waals surface area (Å²) in [4.78, 5) is 28.3. The van der Waals surface area contributed by atoms with E-state index in [2.05, 4.69) is 10.3 Å². The fraction of sp³-hybridized carbons (Fsp3) is 0.190. The summed E-state index contributed by atoms with van der Waals surface area (Å²) in [5.74, 6) is -0.678. The van der Waals surface area contributed by atoms with Gasteiger partial charge >= 0.3 is 5.97 Å². The van der Waals surface area contributed by atoms with Crippen LogP contribution in [0.4, 0.5) is 5.69 Å². The van der Waals surface area contributed by atoms with Crippen molar-refractivity contribution in [2.24, 2.45) is 4.99 Å². The number of nitrogens with zero attached hydrogens (tertiary/aromatic N) is 1. The average molecular weight is 447 g/mol. The molecule has 156 valence electrons. The zero-order valence-electron chi connectivity index (χ0n) is 16.4. The maximum Gasteiger partial charge on any atom is 0.344 e. The first-order valence-corrected chi connectivity index (χ1v) is 10.1. The summed E-state index contributed by atoms with van der Waals surface area (Å²) in [6.07, 6.45) is 0.674. The molecule has 1 atom stereocenters. The molecule has 1 aliphatic heterocycles. The van der Waals surface area contributed by atoms with Crippen LogP contribution in [0.3, 0.4) is 0 Å². The number of amides is 1. The molecule has 0 bridgehead atoms. The number of hydrogen-bond donors (Lipinski definition) is 2. The van der Waals surface area contributed by atoms with Crippen LogP contribution >= 0.6 is 23.4 Å². The van der Waals surface area contributed by atoms with Crippen molar-refractivity contribution in [2.75, 3.05) is 7.11 Å². The average Bonchev–Trinajstić information content (AvgIpc) is 3.04. The van der Waals surface area contributed by atoms with Gasteiger partial charge in [-0.05, 0) is 67.1 Å². The first kappa shape index (κ1) is 21.7. The van der Waals surface area contributed by atoms with Crippen LogP contribution in [0.5, 0.6) is 11.5 Å². The molecule has 2 N–H and O–H groups in total. The monoisotopic (exact) mass is 446 g/mol. The van der Waals surface area contributed by atoms with E-state index in [4.69, 9.17) is 26.2 Å². The second-order valence-electron chi connectivity index (χ2n) is 6.42. The number of aryl methyl sites for hydroxylation is 1. The number of rotatable bonds is 6. The van der Waals surface area contributed by atoms with Crippen molar-refractivity contribution >= 4 is 52.2 Å². The Kier molecular flexibility index (Phi) is 6.69. The lowest BCUT2D eigenvalue weighted by Gasteiger charge is -2.14. The molecule has 1 aliphatic rings. The molecule has 0 aliphatic carbocycles. The number of halogens is 1.